The molecule has 0 aliphatic heterocycles. The third-order valence-corrected chi connectivity index (χ3v) is 3.27. The molecular formula is C12H24N2O. The number of carbonyl (C=O) groups excluding carboxylic acids is 1. The van der Waals surface area contributed by atoms with Gasteiger partial charge in [-0.2, -0.15) is 0 Å². The summed E-state index contributed by atoms with van der Waals surface area (Å²) in [5.41, 5.74) is -0.0786. The van der Waals surface area contributed by atoms with Crippen LogP contribution in [0.15, 0.2) is 0 Å². The Morgan fingerprint density at radius 2 is 1.87 bits per heavy atom. The third-order valence-electron chi connectivity index (χ3n) is 3.27. The largest absolute Gasteiger partial charge is 0.354 e. The fourth-order valence-electron chi connectivity index (χ4n) is 2.16. The van der Waals surface area contributed by atoms with Crippen molar-refractivity contribution in [3.63, 3.8) is 0 Å². The molecule has 2 N–H and O–H groups in total. The first-order chi connectivity index (χ1) is 7.19. The van der Waals surface area contributed by atoms with E-state index in [1.807, 2.05) is 0 Å². The third kappa shape index (κ3) is 3.82. The minimum atomic E-state index is -0.0786. The molecule has 0 aromatic rings. The maximum atomic E-state index is 11.9. The summed E-state index contributed by atoms with van der Waals surface area (Å²) in [6.07, 6.45) is 5.67. The van der Waals surface area contributed by atoms with Crippen LogP contribution in [0, 0.1) is 5.41 Å². The lowest BCUT2D eigenvalue weighted by molar-refractivity contribution is -0.129. The number of nitrogens with one attached hydrogen (secondary N) is 2. The monoisotopic (exact) mass is 212 g/mol. The first kappa shape index (κ1) is 12.5. The predicted molar refractivity (Wildman–Crippen MR) is 62.7 cm³/mol. The van der Waals surface area contributed by atoms with Gasteiger partial charge in [0, 0.05) is 18.5 Å². The summed E-state index contributed by atoms with van der Waals surface area (Å²) in [7, 11) is 0. The van der Waals surface area contributed by atoms with Crippen LogP contribution in [0.4, 0.5) is 0 Å². The van der Waals surface area contributed by atoms with Crippen molar-refractivity contribution in [3.8, 4) is 0 Å². The van der Waals surface area contributed by atoms with E-state index in [2.05, 4.69) is 24.5 Å². The lowest BCUT2D eigenvalue weighted by atomic mass is 9.88. The van der Waals surface area contributed by atoms with Crippen LogP contribution in [0.3, 0.4) is 0 Å². The van der Waals surface area contributed by atoms with Gasteiger partial charge in [0.15, 0.2) is 0 Å². The summed E-state index contributed by atoms with van der Waals surface area (Å²) in [6.45, 7) is 6.91. The number of amides is 1. The predicted octanol–water partition coefficient (Wildman–Crippen LogP) is 1.68. The van der Waals surface area contributed by atoms with Crippen molar-refractivity contribution in [2.75, 3.05) is 19.6 Å². The highest BCUT2D eigenvalue weighted by molar-refractivity contribution is 5.82. The molecular weight excluding hydrogens is 188 g/mol. The van der Waals surface area contributed by atoms with E-state index in [4.69, 9.17) is 0 Å². The molecule has 0 atom stereocenters. The van der Waals surface area contributed by atoms with E-state index in [0.29, 0.717) is 0 Å². The molecule has 3 heteroatoms. The fourth-order valence-corrected chi connectivity index (χ4v) is 2.16. The van der Waals surface area contributed by atoms with Gasteiger partial charge in [-0.3, -0.25) is 4.79 Å². The lowest BCUT2D eigenvalue weighted by Crippen LogP contribution is -2.40. The highest BCUT2D eigenvalue weighted by Gasteiger charge is 2.35. The summed E-state index contributed by atoms with van der Waals surface area (Å²) in [5.74, 6) is 0.248. The normalized spacial score (nSPS) is 19.1. The van der Waals surface area contributed by atoms with Crippen molar-refractivity contribution < 1.29 is 4.79 Å². The van der Waals surface area contributed by atoms with E-state index in [1.165, 1.54) is 12.8 Å². The standard InChI is InChI=1S/C12H24N2O/c1-3-8-13-9-10-14-11(15)12(2)6-4-5-7-12/h13H,3-10H2,1-2H3,(H,14,15). The van der Waals surface area contributed by atoms with Crippen LogP contribution in [-0.4, -0.2) is 25.5 Å². The second kappa shape index (κ2) is 6.11. The van der Waals surface area contributed by atoms with Crippen LogP contribution in [-0.2, 0) is 4.79 Å². The van der Waals surface area contributed by atoms with Crippen molar-refractivity contribution in [1.29, 1.82) is 0 Å². The summed E-state index contributed by atoms with van der Waals surface area (Å²) in [5, 5.41) is 6.30. The Labute approximate surface area is 93.0 Å². The minimum Gasteiger partial charge on any atom is -0.354 e. The Morgan fingerprint density at radius 1 is 1.20 bits per heavy atom. The quantitative estimate of drug-likeness (QED) is 0.658. The molecule has 1 saturated carbocycles. The molecule has 0 radical (unpaired) electrons. The average Bonchev–Trinajstić information content (AvgIpc) is 2.66. The molecule has 0 heterocycles. The lowest BCUT2D eigenvalue weighted by Gasteiger charge is -2.22. The van der Waals surface area contributed by atoms with Gasteiger partial charge in [0.25, 0.3) is 0 Å². The van der Waals surface area contributed by atoms with Gasteiger partial charge in [-0.15, -0.1) is 0 Å². The molecule has 1 fully saturated rings. The summed E-state index contributed by atoms with van der Waals surface area (Å²) in [4.78, 5) is 11.9. The Morgan fingerprint density at radius 3 is 2.47 bits per heavy atom. The Hall–Kier alpha value is -0.570. The van der Waals surface area contributed by atoms with Crippen LogP contribution < -0.4 is 10.6 Å². The van der Waals surface area contributed by atoms with Crippen molar-refractivity contribution >= 4 is 5.91 Å². The van der Waals surface area contributed by atoms with Gasteiger partial charge < -0.3 is 10.6 Å². The summed E-state index contributed by atoms with van der Waals surface area (Å²) < 4.78 is 0. The van der Waals surface area contributed by atoms with Crippen molar-refractivity contribution in [3.05, 3.63) is 0 Å². The van der Waals surface area contributed by atoms with Crippen LogP contribution in [0.25, 0.3) is 0 Å². The molecule has 15 heavy (non-hydrogen) atoms. The first-order valence-electron chi connectivity index (χ1n) is 6.18. The zero-order valence-corrected chi connectivity index (χ0v) is 10.1. The van der Waals surface area contributed by atoms with Crippen LogP contribution in [0.5, 0.6) is 0 Å². The van der Waals surface area contributed by atoms with E-state index in [-0.39, 0.29) is 11.3 Å². The zero-order valence-electron chi connectivity index (χ0n) is 10.1. The van der Waals surface area contributed by atoms with Gasteiger partial charge in [-0.25, -0.2) is 0 Å². The van der Waals surface area contributed by atoms with Crippen LogP contribution in [0.2, 0.25) is 0 Å². The van der Waals surface area contributed by atoms with E-state index >= 15 is 0 Å². The second-order valence-corrected chi connectivity index (χ2v) is 4.77. The Balaban J connectivity index is 2.12. The number of hydrogen-bond acceptors (Lipinski definition) is 2. The maximum Gasteiger partial charge on any atom is 0.225 e. The SMILES string of the molecule is CCCNCCNC(=O)C1(C)CCCC1. The molecule has 0 aromatic heterocycles. The minimum absolute atomic E-state index is 0.0786. The van der Waals surface area contributed by atoms with Gasteiger partial charge in [-0.05, 0) is 25.8 Å². The van der Waals surface area contributed by atoms with E-state index in [9.17, 15) is 4.79 Å². The highest BCUT2D eigenvalue weighted by Crippen LogP contribution is 2.37. The van der Waals surface area contributed by atoms with Gasteiger partial charge in [0.05, 0.1) is 0 Å². The van der Waals surface area contributed by atoms with E-state index < -0.39 is 0 Å². The van der Waals surface area contributed by atoms with E-state index in [1.54, 1.807) is 0 Å². The van der Waals surface area contributed by atoms with Crippen LogP contribution in [0.1, 0.15) is 46.0 Å². The van der Waals surface area contributed by atoms with Crippen molar-refractivity contribution in [1.82, 2.24) is 10.6 Å². The Bertz CT molecular complexity index is 198. The average molecular weight is 212 g/mol. The molecule has 0 saturated heterocycles. The number of carbonyl (C=O) groups is 1. The van der Waals surface area contributed by atoms with Crippen LogP contribution >= 0.6 is 0 Å². The fraction of sp³-hybridized carbons (Fsp3) is 0.917. The van der Waals surface area contributed by atoms with Gasteiger partial charge in [0.2, 0.25) is 5.91 Å². The highest BCUT2D eigenvalue weighted by atomic mass is 16.2. The molecule has 88 valence electrons. The molecule has 1 rings (SSSR count). The zero-order chi connectivity index (χ0) is 11.1. The molecule has 0 unspecified atom stereocenters. The molecule has 3 nitrogen and oxygen atoms in total. The number of hydrogen-bond donors (Lipinski definition) is 2. The second-order valence-electron chi connectivity index (χ2n) is 4.77. The molecule has 0 bridgehead atoms. The van der Waals surface area contributed by atoms with Crippen molar-refractivity contribution in [2.45, 2.75) is 46.0 Å². The molecule has 1 aliphatic carbocycles. The first-order valence-corrected chi connectivity index (χ1v) is 6.18. The maximum absolute atomic E-state index is 11.9. The summed E-state index contributed by atoms with van der Waals surface area (Å²) >= 11 is 0. The topological polar surface area (TPSA) is 41.1 Å². The summed E-state index contributed by atoms with van der Waals surface area (Å²) in [6, 6.07) is 0. The molecule has 1 aliphatic rings. The van der Waals surface area contributed by atoms with E-state index in [0.717, 1.165) is 38.9 Å². The Kier molecular flexibility index (Phi) is 5.09. The van der Waals surface area contributed by atoms with Gasteiger partial charge in [-0.1, -0.05) is 26.7 Å². The molecule has 0 spiro atoms. The molecule has 1 amide bonds. The smallest absolute Gasteiger partial charge is 0.225 e. The number of rotatable bonds is 6. The van der Waals surface area contributed by atoms with Gasteiger partial charge in [0.1, 0.15) is 0 Å². The molecule has 0 aromatic carbocycles. The van der Waals surface area contributed by atoms with Gasteiger partial charge >= 0.3 is 0 Å². The van der Waals surface area contributed by atoms with Crippen molar-refractivity contribution in [2.24, 2.45) is 5.41 Å².